The molecular formula is C50H28O4. The van der Waals surface area contributed by atoms with Gasteiger partial charge in [-0.3, -0.25) is 0 Å². The highest BCUT2D eigenvalue weighted by Crippen LogP contribution is 2.54. The Labute approximate surface area is 307 Å². The summed E-state index contributed by atoms with van der Waals surface area (Å²) in [4.78, 5) is 0. The summed E-state index contributed by atoms with van der Waals surface area (Å²) < 4.78 is 14.1. The molecule has 0 atom stereocenters. The van der Waals surface area contributed by atoms with Crippen molar-refractivity contribution in [2.75, 3.05) is 0 Å². The zero-order valence-corrected chi connectivity index (χ0v) is 28.8. The fourth-order valence-electron chi connectivity index (χ4n) is 9.97. The lowest BCUT2D eigenvalue weighted by Gasteiger charge is -2.24. The monoisotopic (exact) mass is 692 g/mol. The van der Waals surface area contributed by atoms with E-state index < -0.39 is 0 Å². The lowest BCUT2D eigenvalue weighted by atomic mass is 9.79. The number of hydrogen-bond donors (Lipinski definition) is 2. The van der Waals surface area contributed by atoms with Gasteiger partial charge in [0, 0.05) is 44.8 Å². The van der Waals surface area contributed by atoms with Crippen molar-refractivity contribution in [1.82, 2.24) is 0 Å². The molecule has 0 saturated carbocycles. The van der Waals surface area contributed by atoms with Crippen molar-refractivity contribution in [3.8, 4) is 33.8 Å². The Morgan fingerprint density at radius 3 is 1.80 bits per heavy atom. The first-order chi connectivity index (χ1) is 26.6. The van der Waals surface area contributed by atoms with Crippen molar-refractivity contribution < 1.29 is 19.0 Å². The zero-order valence-electron chi connectivity index (χ0n) is 28.8. The van der Waals surface area contributed by atoms with Crippen LogP contribution in [0.2, 0.25) is 0 Å². The second-order valence-electron chi connectivity index (χ2n) is 15.0. The van der Waals surface area contributed by atoms with Crippen molar-refractivity contribution in [2.45, 2.75) is 12.8 Å². The Kier molecular flexibility index (Phi) is 5.22. The van der Waals surface area contributed by atoms with Crippen molar-refractivity contribution in [1.29, 1.82) is 0 Å². The largest absolute Gasteiger partial charge is 0.508 e. The normalized spacial score (nSPS) is 13.8. The zero-order chi connectivity index (χ0) is 35.4. The Morgan fingerprint density at radius 2 is 1.06 bits per heavy atom. The van der Waals surface area contributed by atoms with E-state index in [1.54, 1.807) is 24.3 Å². The molecule has 4 heteroatoms. The van der Waals surface area contributed by atoms with Crippen LogP contribution in [0.25, 0.3) is 121 Å². The summed E-state index contributed by atoms with van der Waals surface area (Å²) in [6, 6.07) is 37.5. The minimum absolute atomic E-state index is 0.148. The summed E-state index contributed by atoms with van der Waals surface area (Å²) in [6.07, 6.45) is 10.7. The fourth-order valence-corrected chi connectivity index (χ4v) is 9.97. The number of rotatable bonds is 2. The van der Waals surface area contributed by atoms with Crippen LogP contribution < -0.4 is 0 Å². The van der Waals surface area contributed by atoms with Gasteiger partial charge in [-0.2, -0.15) is 0 Å². The van der Waals surface area contributed by atoms with E-state index in [2.05, 4.69) is 97.1 Å². The fraction of sp³-hybridized carbons (Fsp3) is 0.0400. The van der Waals surface area contributed by atoms with Crippen LogP contribution in [0, 0.1) is 0 Å². The summed E-state index contributed by atoms with van der Waals surface area (Å²) in [7, 11) is 0. The maximum Gasteiger partial charge on any atom is 0.144 e. The molecule has 0 radical (unpaired) electrons. The first-order valence-electron chi connectivity index (χ1n) is 18.5. The summed E-state index contributed by atoms with van der Waals surface area (Å²) in [6.45, 7) is 0. The smallest absolute Gasteiger partial charge is 0.144 e. The molecule has 9 aromatic carbocycles. The Morgan fingerprint density at radius 1 is 0.444 bits per heavy atom. The van der Waals surface area contributed by atoms with Gasteiger partial charge in [0.05, 0.1) is 0 Å². The third-order valence-electron chi connectivity index (χ3n) is 12.2. The van der Waals surface area contributed by atoms with Crippen molar-refractivity contribution in [2.24, 2.45) is 0 Å². The maximum absolute atomic E-state index is 10.8. The molecule has 0 saturated heterocycles. The van der Waals surface area contributed by atoms with E-state index in [0.717, 1.165) is 73.2 Å². The minimum Gasteiger partial charge on any atom is -0.508 e. The maximum atomic E-state index is 10.8. The highest BCUT2D eigenvalue weighted by atomic mass is 16.3. The number of benzene rings is 9. The average Bonchev–Trinajstić information content (AvgIpc) is 3.76. The van der Waals surface area contributed by atoms with Crippen LogP contribution in [0.5, 0.6) is 11.5 Å². The molecule has 11 aromatic rings. The van der Waals surface area contributed by atoms with Crippen LogP contribution >= 0.6 is 0 Å². The van der Waals surface area contributed by atoms with Crippen LogP contribution in [-0.2, 0) is 12.8 Å². The van der Waals surface area contributed by atoms with E-state index in [4.69, 9.17) is 8.83 Å². The number of furan rings is 2. The highest BCUT2D eigenvalue weighted by molar-refractivity contribution is 6.34. The first-order valence-corrected chi connectivity index (χ1v) is 18.5. The number of allylic oxidation sites excluding steroid dienone is 2. The molecule has 54 heavy (non-hydrogen) atoms. The van der Waals surface area contributed by atoms with Gasteiger partial charge in [0.1, 0.15) is 33.8 Å². The third-order valence-corrected chi connectivity index (χ3v) is 12.2. The van der Waals surface area contributed by atoms with E-state index in [9.17, 15) is 10.2 Å². The quantitative estimate of drug-likeness (QED) is 0.177. The van der Waals surface area contributed by atoms with Crippen LogP contribution in [-0.4, -0.2) is 10.2 Å². The molecule has 0 fully saturated rings. The molecule has 13 rings (SSSR count). The Bertz CT molecular complexity index is 3550. The van der Waals surface area contributed by atoms with Crippen LogP contribution in [0.3, 0.4) is 0 Å². The minimum atomic E-state index is 0.148. The second-order valence-corrected chi connectivity index (χ2v) is 15.0. The van der Waals surface area contributed by atoms with Crippen molar-refractivity contribution >= 4 is 99.1 Å². The van der Waals surface area contributed by atoms with Crippen LogP contribution in [0.1, 0.15) is 22.3 Å². The van der Waals surface area contributed by atoms with Gasteiger partial charge in [0.25, 0.3) is 0 Å². The molecule has 0 bridgehead atoms. The topological polar surface area (TPSA) is 66.7 Å². The highest BCUT2D eigenvalue weighted by Gasteiger charge is 2.30. The van der Waals surface area contributed by atoms with Gasteiger partial charge in [-0.25, -0.2) is 0 Å². The van der Waals surface area contributed by atoms with Gasteiger partial charge < -0.3 is 19.0 Å². The number of hydrogen-bond acceptors (Lipinski definition) is 4. The summed E-state index contributed by atoms with van der Waals surface area (Å²) >= 11 is 0. The van der Waals surface area contributed by atoms with Crippen LogP contribution in [0.4, 0.5) is 0 Å². The lowest BCUT2D eigenvalue weighted by Crippen LogP contribution is -2.03. The van der Waals surface area contributed by atoms with Crippen molar-refractivity contribution in [3.05, 3.63) is 144 Å². The molecule has 2 heterocycles. The lowest BCUT2D eigenvalue weighted by molar-refractivity contribution is 0.474. The molecule has 0 amide bonds. The molecule has 252 valence electrons. The second kappa shape index (κ2) is 9.88. The van der Waals surface area contributed by atoms with E-state index in [-0.39, 0.29) is 11.5 Å². The Balaban J connectivity index is 1.28. The molecule has 2 N–H and O–H groups in total. The predicted octanol–water partition coefficient (Wildman–Crippen LogP) is 13.4. The van der Waals surface area contributed by atoms with Gasteiger partial charge >= 0.3 is 0 Å². The van der Waals surface area contributed by atoms with Gasteiger partial charge in [0.15, 0.2) is 0 Å². The standard InChI is InChI=1S/C50H28O4/c51-31-16-20-36-39(23-31)54-50-46(36)45(35-19-15-29-13-11-25-4-1-5-27-14-18-34(35)44(29)41(25)27)49-47(37-21-17-32(52)24-40(37)53-49)48(50)38-22-30-8-2-6-26-10-12-28-7-3-9-33(38)43(28)42(26)30/h1-5,7-8,10-24,51-52H,6,9H2. The van der Waals surface area contributed by atoms with Gasteiger partial charge in [0.2, 0.25) is 0 Å². The number of aromatic hydroxyl groups is 2. The third kappa shape index (κ3) is 3.53. The van der Waals surface area contributed by atoms with E-state index in [0.29, 0.717) is 11.2 Å². The molecule has 4 nitrogen and oxygen atoms in total. The number of fused-ring (bicyclic) bond motifs is 6. The van der Waals surface area contributed by atoms with Crippen LogP contribution in [0.15, 0.2) is 130 Å². The number of phenolic OH excluding ortho intramolecular Hbond substituents is 2. The molecule has 2 aromatic heterocycles. The molecule has 0 spiro atoms. The molecule has 0 aliphatic heterocycles. The Hall–Kier alpha value is -7.04. The predicted molar refractivity (Wildman–Crippen MR) is 222 cm³/mol. The SMILES string of the molecule is Oc1ccc2c(c1)oc1c(-c3ccc4ccc5cccc6ccc3c4c56)c3c(oc4cc(O)ccc43)c(-c3cc4c5c(ccc6c5c3CC=C6)CC=C4)c12. The average molecular weight is 693 g/mol. The molecule has 0 unspecified atom stereocenters. The van der Waals surface area contributed by atoms with Gasteiger partial charge in [-0.05, 0) is 120 Å². The molecular weight excluding hydrogens is 665 g/mol. The van der Waals surface area contributed by atoms with Crippen molar-refractivity contribution in [3.63, 3.8) is 0 Å². The first kappa shape index (κ1) is 28.5. The van der Waals surface area contributed by atoms with E-state index >= 15 is 0 Å². The molecule has 2 aliphatic rings. The van der Waals surface area contributed by atoms with E-state index in [1.807, 2.05) is 12.1 Å². The van der Waals surface area contributed by atoms with Gasteiger partial charge in [-0.15, -0.1) is 0 Å². The number of phenols is 2. The summed E-state index contributed by atoms with van der Waals surface area (Å²) in [5.41, 5.74) is 11.8. The van der Waals surface area contributed by atoms with E-state index in [1.165, 1.54) is 60.0 Å². The summed E-state index contributed by atoms with van der Waals surface area (Å²) in [5, 5.41) is 35.0. The van der Waals surface area contributed by atoms with Gasteiger partial charge in [-0.1, -0.05) is 91.0 Å². The molecule has 2 aliphatic carbocycles. The summed E-state index contributed by atoms with van der Waals surface area (Å²) in [5.74, 6) is 0.296.